The van der Waals surface area contributed by atoms with Crippen molar-refractivity contribution in [3.05, 3.63) is 54.4 Å². The van der Waals surface area contributed by atoms with Gasteiger partial charge >= 0.3 is 0 Å². The van der Waals surface area contributed by atoms with Crippen LogP contribution in [0.3, 0.4) is 0 Å². The van der Waals surface area contributed by atoms with Gasteiger partial charge in [0.25, 0.3) is 0 Å². The second-order valence-corrected chi connectivity index (χ2v) is 3.61. The summed E-state index contributed by atoms with van der Waals surface area (Å²) in [6, 6.07) is 7.16. The van der Waals surface area contributed by atoms with E-state index < -0.39 is 0 Å². The quantitative estimate of drug-likeness (QED) is 0.711. The summed E-state index contributed by atoms with van der Waals surface area (Å²) in [6.07, 6.45) is 6.02. The van der Waals surface area contributed by atoms with Crippen LogP contribution in [-0.2, 0) is 6.42 Å². The van der Waals surface area contributed by atoms with Gasteiger partial charge in [-0.25, -0.2) is 4.98 Å². The lowest BCUT2D eigenvalue weighted by Crippen LogP contribution is -1.84. The third-order valence-corrected chi connectivity index (χ3v) is 2.45. The number of fused-ring (bicyclic) bond motifs is 1. The average Bonchev–Trinajstić information content (AvgIpc) is 2.88. The van der Waals surface area contributed by atoms with Crippen LogP contribution in [-0.4, -0.2) is 14.5 Å². The molecule has 3 rings (SSSR count). The summed E-state index contributed by atoms with van der Waals surface area (Å²) in [5.41, 5.74) is 1.44. The molecule has 3 heterocycles. The summed E-state index contributed by atoms with van der Waals surface area (Å²) < 4.78 is 7.05. The highest BCUT2D eigenvalue weighted by molar-refractivity contribution is 5.53. The Morgan fingerprint density at radius 3 is 3.00 bits per heavy atom. The fourth-order valence-electron chi connectivity index (χ4n) is 1.73. The number of aromatic hydroxyl groups is 1. The molecule has 3 aromatic heterocycles. The van der Waals surface area contributed by atoms with E-state index in [-0.39, 0.29) is 5.75 Å². The molecule has 0 atom stereocenters. The fourth-order valence-corrected chi connectivity index (χ4v) is 1.73. The first-order chi connectivity index (χ1) is 7.83. The maximum Gasteiger partial charge on any atom is 0.179 e. The van der Waals surface area contributed by atoms with E-state index in [0.717, 1.165) is 11.5 Å². The van der Waals surface area contributed by atoms with Gasteiger partial charge in [0.15, 0.2) is 11.4 Å². The highest BCUT2D eigenvalue weighted by Crippen LogP contribution is 2.18. The molecule has 0 saturated heterocycles. The van der Waals surface area contributed by atoms with Crippen LogP contribution < -0.4 is 0 Å². The third kappa shape index (κ3) is 1.44. The van der Waals surface area contributed by atoms with Crippen LogP contribution in [0.1, 0.15) is 11.5 Å². The van der Waals surface area contributed by atoms with Crippen molar-refractivity contribution in [3.8, 4) is 5.75 Å². The van der Waals surface area contributed by atoms with Gasteiger partial charge in [0.1, 0.15) is 5.76 Å². The van der Waals surface area contributed by atoms with Gasteiger partial charge in [-0.15, -0.1) is 0 Å². The Hall–Kier alpha value is -2.23. The number of pyridine rings is 1. The van der Waals surface area contributed by atoms with Gasteiger partial charge in [-0.05, 0) is 24.3 Å². The zero-order valence-corrected chi connectivity index (χ0v) is 8.50. The minimum Gasteiger partial charge on any atom is -0.504 e. The first-order valence-electron chi connectivity index (χ1n) is 5.01. The van der Waals surface area contributed by atoms with Crippen molar-refractivity contribution < 1.29 is 9.52 Å². The molecular formula is C12H10N2O2. The summed E-state index contributed by atoms with van der Waals surface area (Å²) in [5, 5.41) is 9.60. The Morgan fingerprint density at radius 1 is 1.31 bits per heavy atom. The van der Waals surface area contributed by atoms with E-state index >= 15 is 0 Å². The second kappa shape index (κ2) is 3.41. The van der Waals surface area contributed by atoms with Crippen molar-refractivity contribution in [1.82, 2.24) is 9.38 Å². The molecule has 3 aromatic rings. The molecule has 0 aliphatic rings. The van der Waals surface area contributed by atoms with Gasteiger partial charge in [0.05, 0.1) is 12.0 Å². The third-order valence-electron chi connectivity index (χ3n) is 2.45. The topological polar surface area (TPSA) is 50.7 Å². The average molecular weight is 214 g/mol. The lowest BCUT2D eigenvalue weighted by Gasteiger charge is -1.92. The van der Waals surface area contributed by atoms with Gasteiger partial charge in [-0.1, -0.05) is 0 Å². The van der Waals surface area contributed by atoms with Crippen molar-refractivity contribution in [2.45, 2.75) is 6.42 Å². The van der Waals surface area contributed by atoms with Crippen LogP contribution in [0.4, 0.5) is 0 Å². The van der Waals surface area contributed by atoms with Crippen molar-refractivity contribution in [2.24, 2.45) is 0 Å². The first kappa shape index (κ1) is 9.03. The van der Waals surface area contributed by atoms with E-state index in [1.807, 2.05) is 24.5 Å². The number of imidazole rings is 1. The summed E-state index contributed by atoms with van der Waals surface area (Å²) in [7, 11) is 0. The summed E-state index contributed by atoms with van der Waals surface area (Å²) >= 11 is 0. The molecule has 0 spiro atoms. The van der Waals surface area contributed by atoms with Crippen molar-refractivity contribution >= 4 is 5.65 Å². The summed E-state index contributed by atoms with van der Waals surface area (Å²) in [6.45, 7) is 0. The molecule has 0 fully saturated rings. The normalized spacial score (nSPS) is 11.0. The Balaban J connectivity index is 2.02. The van der Waals surface area contributed by atoms with Gasteiger partial charge in [-0.3, -0.25) is 0 Å². The Labute approximate surface area is 91.8 Å². The molecule has 4 nitrogen and oxygen atoms in total. The number of hydrogen-bond donors (Lipinski definition) is 1. The number of furan rings is 1. The molecule has 0 aromatic carbocycles. The van der Waals surface area contributed by atoms with E-state index in [2.05, 4.69) is 4.98 Å². The second-order valence-electron chi connectivity index (χ2n) is 3.61. The first-order valence-corrected chi connectivity index (χ1v) is 5.01. The molecule has 0 aliphatic carbocycles. The highest BCUT2D eigenvalue weighted by Gasteiger charge is 2.06. The predicted molar refractivity (Wildman–Crippen MR) is 58.4 cm³/mol. The van der Waals surface area contributed by atoms with Crippen LogP contribution in [0.15, 0.2) is 47.3 Å². The number of nitrogens with zero attached hydrogens (tertiary/aromatic N) is 2. The SMILES string of the molecule is Oc1cccn2cc(Cc3ccco3)nc12. The summed E-state index contributed by atoms with van der Waals surface area (Å²) in [4.78, 5) is 4.34. The van der Waals surface area contributed by atoms with Crippen LogP contribution in [0.5, 0.6) is 5.75 Å². The standard InChI is InChI=1S/C12H10N2O2/c15-11-4-1-5-14-8-9(13-12(11)14)7-10-3-2-6-16-10/h1-6,8,15H,7H2. The van der Waals surface area contributed by atoms with Gasteiger partial charge in [0.2, 0.25) is 0 Å². The van der Waals surface area contributed by atoms with Crippen LogP contribution >= 0.6 is 0 Å². The summed E-state index contributed by atoms with van der Waals surface area (Å²) in [5.74, 6) is 1.05. The zero-order valence-electron chi connectivity index (χ0n) is 8.50. The molecule has 0 radical (unpaired) electrons. The van der Waals surface area contributed by atoms with E-state index in [0.29, 0.717) is 12.1 Å². The van der Waals surface area contributed by atoms with E-state index in [1.54, 1.807) is 22.8 Å². The molecule has 4 heteroatoms. The number of hydrogen-bond acceptors (Lipinski definition) is 3. The molecule has 0 amide bonds. The smallest absolute Gasteiger partial charge is 0.179 e. The molecular weight excluding hydrogens is 204 g/mol. The maximum atomic E-state index is 9.60. The fraction of sp³-hybridized carbons (Fsp3) is 0.0833. The van der Waals surface area contributed by atoms with Gasteiger partial charge in [-0.2, -0.15) is 0 Å². The van der Waals surface area contributed by atoms with Crippen LogP contribution in [0, 0.1) is 0 Å². The molecule has 0 aliphatic heterocycles. The van der Waals surface area contributed by atoms with Gasteiger partial charge in [0, 0.05) is 18.8 Å². The number of aromatic nitrogens is 2. The van der Waals surface area contributed by atoms with Crippen molar-refractivity contribution in [2.75, 3.05) is 0 Å². The number of rotatable bonds is 2. The molecule has 80 valence electrons. The van der Waals surface area contributed by atoms with E-state index in [4.69, 9.17) is 4.42 Å². The minimum absolute atomic E-state index is 0.188. The lowest BCUT2D eigenvalue weighted by molar-refractivity contribution is 0.477. The molecule has 1 N–H and O–H groups in total. The maximum absolute atomic E-state index is 9.60. The van der Waals surface area contributed by atoms with E-state index in [1.165, 1.54) is 0 Å². The minimum atomic E-state index is 0.188. The lowest BCUT2D eigenvalue weighted by atomic mass is 10.3. The van der Waals surface area contributed by atoms with Crippen molar-refractivity contribution in [3.63, 3.8) is 0 Å². The molecule has 16 heavy (non-hydrogen) atoms. The van der Waals surface area contributed by atoms with Crippen molar-refractivity contribution in [1.29, 1.82) is 0 Å². The molecule has 0 bridgehead atoms. The monoisotopic (exact) mass is 214 g/mol. The Kier molecular flexibility index (Phi) is 1.93. The Bertz CT molecular complexity index is 611. The highest BCUT2D eigenvalue weighted by atomic mass is 16.3. The Morgan fingerprint density at radius 2 is 2.25 bits per heavy atom. The van der Waals surface area contributed by atoms with Gasteiger partial charge < -0.3 is 13.9 Å². The van der Waals surface area contributed by atoms with E-state index in [9.17, 15) is 5.11 Å². The molecule has 0 unspecified atom stereocenters. The van der Waals surface area contributed by atoms with Crippen LogP contribution in [0.2, 0.25) is 0 Å². The largest absolute Gasteiger partial charge is 0.504 e. The zero-order chi connectivity index (χ0) is 11.0. The predicted octanol–water partition coefficient (Wildman–Crippen LogP) is 2.22. The van der Waals surface area contributed by atoms with Crippen LogP contribution in [0.25, 0.3) is 5.65 Å². The molecule has 0 saturated carbocycles.